The number of ether oxygens (including phenoxy) is 3. The van der Waals surface area contributed by atoms with E-state index in [4.69, 9.17) is 31.5 Å². The van der Waals surface area contributed by atoms with Gasteiger partial charge in [-0.15, -0.1) is 0 Å². The maximum Gasteiger partial charge on any atom is 0.176 e. The van der Waals surface area contributed by atoms with E-state index in [9.17, 15) is 0 Å². The van der Waals surface area contributed by atoms with Crippen molar-refractivity contribution in [2.75, 3.05) is 19.5 Å². The Morgan fingerprint density at radius 3 is 2.86 bits per heavy atom. The van der Waals surface area contributed by atoms with Crippen LogP contribution in [-0.4, -0.2) is 45.1 Å². The van der Waals surface area contributed by atoms with Crippen LogP contribution in [0.2, 0.25) is 5.15 Å². The molecular weight excluding hydrogens is 558 g/mol. The standard InChI is InChI=1S/C27H29BrClN5O3/c1-25(2)36-24-26(14-35-3,8-6-16-4-5-17-13-19(28)22(30)33-20(17)12-16)9-10-27(24,37-25)34-11-7-18-21(29)31-15-32-23(18)34/h4-5,7,11-13,15,24H,6,8-10,14H2,1-3H3,(H2,30,33)/t24-,26+,27-/m1/s1. The van der Waals surface area contributed by atoms with Gasteiger partial charge < -0.3 is 24.5 Å². The summed E-state index contributed by atoms with van der Waals surface area (Å²) in [7, 11) is 1.75. The average Bonchev–Trinajstić information content (AvgIpc) is 3.49. The van der Waals surface area contributed by atoms with E-state index in [1.54, 1.807) is 7.11 Å². The Bertz CT molecular complexity index is 1510. The minimum atomic E-state index is -0.769. The highest BCUT2D eigenvalue weighted by Crippen LogP contribution is 2.59. The van der Waals surface area contributed by atoms with Crippen molar-refractivity contribution in [3.8, 4) is 0 Å². The summed E-state index contributed by atoms with van der Waals surface area (Å²) in [6.45, 7) is 4.49. The number of rotatable bonds is 6. The zero-order valence-electron chi connectivity index (χ0n) is 21.0. The number of aryl methyl sites for hydroxylation is 1. The number of hydrogen-bond acceptors (Lipinski definition) is 7. The molecule has 8 nitrogen and oxygen atoms in total. The molecule has 0 amide bonds. The van der Waals surface area contributed by atoms with Crippen LogP contribution in [0.3, 0.4) is 0 Å². The largest absolute Gasteiger partial charge is 0.384 e. The summed E-state index contributed by atoms with van der Waals surface area (Å²) in [4.78, 5) is 13.3. The zero-order valence-corrected chi connectivity index (χ0v) is 23.3. The summed E-state index contributed by atoms with van der Waals surface area (Å²) in [5.41, 5.74) is 7.86. The van der Waals surface area contributed by atoms with Gasteiger partial charge in [-0.2, -0.15) is 0 Å². The van der Waals surface area contributed by atoms with Gasteiger partial charge in [0.2, 0.25) is 0 Å². The molecule has 0 unspecified atom stereocenters. The van der Waals surface area contributed by atoms with Crippen LogP contribution in [-0.2, 0) is 26.4 Å². The van der Waals surface area contributed by atoms with Gasteiger partial charge in [-0.05, 0) is 79.2 Å². The molecule has 1 aliphatic carbocycles. The van der Waals surface area contributed by atoms with E-state index in [-0.39, 0.29) is 11.5 Å². The maximum atomic E-state index is 6.74. The first kappa shape index (κ1) is 25.0. The number of halogens is 2. The predicted molar refractivity (Wildman–Crippen MR) is 146 cm³/mol. The minimum Gasteiger partial charge on any atom is -0.384 e. The average molecular weight is 587 g/mol. The topological polar surface area (TPSA) is 97.3 Å². The first-order valence-electron chi connectivity index (χ1n) is 12.4. The number of aromatic nitrogens is 4. The molecule has 37 heavy (non-hydrogen) atoms. The van der Waals surface area contributed by atoms with Crippen molar-refractivity contribution in [3.05, 3.63) is 58.0 Å². The lowest BCUT2D eigenvalue weighted by Gasteiger charge is -2.37. The number of methoxy groups -OCH3 is 1. The molecule has 4 aromatic rings. The van der Waals surface area contributed by atoms with E-state index in [0.29, 0.717) is 17.6 Å². The van der Waals surface area contributed by atoms with Gasteiger partial charge >= 0.3 is 0 Å². The van der Waals surface area contributed by atoms with Gasteiger partial charge in [-0.25, -0.2) is 15.0 Å². The number of nitrogens with zero attached hydrogens (tertiary/aromatic N) is 4. The second-order valence-electron chi connectivity index (χ2n) is 10.6. The second-order valence-corrected chi connectivity index (χ2v) is 11.8. The molecule has 0 bridgehead atoms. The number of nitrogen functional groups attached to an aromatic ring is 1. The summed E-state index contributed by atoms with van der Waals surface area (Å²) in [6, 6.07) is 10.3. The first-order chi connectivity index (χ1) is 17.7. The number of fused-ring (bicyclic) bond motifs is 3. The second kappa shape index (κ2) is 8.88. The molecule has 0 spiro atoms. The van der Waals surface area contributed by atoms with Gasteiger partial charge in [-0.1, -0.05) is 23.7 Å². The molecule has 1 saturated heterocycles. The summed E-state index contributed by atoms with van der Waals surface area (Å²) in [5.74, 6) is -0.280. The summed E-state index contributed by atoms with van der Waals surface area (Å²) in [5, 5.41) is 2.27. The Kier molecular flexibility index (Phi) is 6.00. The van der Waals surface area contributed by atoms with Crippen LogP contribution in [0, 0.1) is 5.41 Å². The Morgan fingerprint density at radius 1 is 1.22 bits per heavy atom. The minimum absolute atomic E-state index is 0.246. The molecule has 194 valence electrons. The van der Waals surface area contributed by atoms with Gasteiger partial charge in [0.25, 0.3) is 0 Å². The summed E-state index contributed by atoms with van der Waals surface area (Å²) < 4.78 is 22.2. The fraction of sp³-hybridized carbons (Fsp3) is 0.444. The number of hydrogen-bond donors (Lipinski definition) is 1. The van der Waals surface area contributed by atoms with E-state index in [0.717, 1.165) is 52.1 Å². The molecular formula is C27H29BrClN5O3. The normalized spacial score (nSPS) is 26.8. The molecule has 3 aromatic heterocycles. The van der Waals surface area contributed by atoms with Gasteiger partial charge in [0, 0.05) is 24.1 Å². The third-order valence-electron chi connectivity index (χ3n) is 7.82. The maximum absolute atomic E-state index is 6.74. The predicted octanol–water partition coefficient (Wildman–Crippen LogP) is 5.84. The lowest BCUT2D eigenvalue weighted by atomic mass is 9.78. The Labute approximate surface area is 228 Å². The van der Waals surface area contributed by atoms with Gasteiger partial charge in [0.15, 0.2) is 11.5 Å². The van der Waals surface area contributed by atoms with Crippen molar-refractivity contribution in [2.45, 2.75) is 57.1 Å². The molecule has 2 aliphatic rings. The fourth-order valence-corrected chi connectivity index (χ4v) is 6.79. The van der Waals surface area contributed by atoms with Gasteiger partial charge in [0.1, 0.15) is 29.0 Å². The highest BCUT2D eigenvalue weighted by atomic mass is 79.9. The summed E-state index contributed by atoms with van der Waals surface area (Å²) in [6.07, 6.45) is 6.58. The van der Waals surface area contributed by atoms with Crippen LogP contribution in [0.5, 0.6) is 0 Å². The van der Waals surface area contributed by atoms with Gasteiger partial charge in [0.05, 0.1) is 22.0 Å². The Hall–Kier alpha value is -2.30. The van der Waals surface area contributed by atoms with Crippen LogP contribution in [0.25, 0.3) is 21.9 Å². The van der Waals surface area contributed by atoms with Crippen molar-refractivity contribution in [3.63, 3.8) is 0 Å². The zero-order chi connectivity index (χ0) is 26.0. The number of benzene rings is 1. The van der Waals surface area contributed by atoms with Crippen LogP contribution in [0.4, 0.5) is 5.82 Å². The van der Waals surface area contributed by atoms with Crippen molar-refractivity contribution in [1.29, 1.82) is 0 Å². The lowest BCUT2D eigenvalue weighted by Crippen LogP contribution is -2.47. The molecule has 1 aliphatic heterocycles. The van der Waals surface area contributed by atoms with E-state index >= 15 is 0 Å². The highest BCUT2D eigenvalue weighted by Gasteiger charge is 2.66. The van der Waals surface area contributed by atoms with Crippen molar-refractivity contribution < 1.29 is 14.2 Å². The first-order valence-corrected chi connectivity index (χ1v) is 13.5. The van der Waals surface area contributed by atoms with Crippen molar-refractivity contribution in [2.24, 2.45) is 5.41 Å². The van der Waals surface area contributed by atoms with E-state index in [1.807, 2.05) is 32.2 Å². The number of nitrogens with two attached hydrogens (primary N) is 1. The number of pyridine rings is 1. The van der Waals surface area contributed by atoms with E-state index in [1.165, 1.54) is 11.9 Å². The number of anilines is 1. The molecule has 0 radical (unpaired) electrons. The smallest absolute Gasteiger partial charge is 0.176 e. The van der Waals surface area contributed by atoms with E-state index < -0.39 is 11.5 Å². The highest BCUT2D eigenvalue weighted by molar-refractivity contribution is 9.10. The molecule has 10 heteroatoms. The van der Waals surface area contributed by atoms with Crippen molar-refractivity contribution in [1.82, 2.24) is 19.5 Å². The monoisotopic (exact) mass is 585 g/mol. The van der Waals surface area contributed by atoms with Crippen LogP contribution in [0.1, 0.15) is 38.7 Å². The van der Waals surface area contributed by atoms with Gasteiger partial charge in [-0.3, -0.25) is 0 Å². The van der Waals surface area contributed by atoms with E-state index in [2.05, 4.69) is 53.6 Å². The SMILES string of the molecule is COC[C@]1(CCc2ccc3cc(Br)c(N)nc3c2)CC[C@@]2(n3ccc4c(Cl)ncnc43)OC(C)(C)O[C@H]12. The molecule has 4 heterocycles. The van der Waals surface area contributed by atoms with Crippen LogP contribution >= 0.6 is 27.5 Å². The third-order valence-corrected chi connectivity index (χ3v) is 8.75. The molecule has 2 fully saturated rings. The quantitative estimate of drug-likeness (QED) is 0.283. The molecule has 1 aromatic carbocycles. The summed E-state index contributed by atoms with van der Waals surface area (Å²) >= 11 is 9.85. The fourth-order valence-electron chi connectivity index (χ4n) is 6.26. The molecule has 1 saturated carbocycles. The Morgan fingerprint density at radius 2 is 2.05 bits per heavy atom. The molecule has 2 N–H and O–H groups in total. The van der Waals surface area contributed by atoms with Crippen LogP contribution < -0.4 is 5.73 Å². The molecule has 3 atom stereocenters. The lowest BCUT2D eigenvalue weighted by molar-refractivity contribution is -0.191. The van der Waals surface area contributed by atoms with Crippen molar-refractivity contribution >= 4 is 55.3 Å². The Balaban J connectivity index is 1.37. The molecule has 6 rings (SSSR count). The van der Waals surface area contributed by atoms with Crippen LogP contribution in [0.15, 0.2) is 47.3 Å². The third kappa shape index (κ3) is 4.03.